The number of halogens is 3. The van der Waals surface area contributed by atoms with Gasteiger partial charge in [-0.05, 0) is 48.5 Å². The third-order valence-corrected chi connectivity index (χ3v) is 5.29. The molecule has 0 saturated carbocycles. The van der Waals surface area contributed by atoms with E-state index in [9.17, 15) is 12.8 Å². The van der Waals surface area contributed by atoms with E-state index in [-0.39, 0.29) is 10.7 Å². The SMILES string of the molecule is O=S(=O)(Nc1ccc(-c2ccc(Cl)cc2Cl)cn1)c1ccc(F)cc1. The van der Waals surface area contributed by atoms with Crippen LogP contribution in [0.5, 0.6) is 0 Å². The fourth-order valence-electron chi connectivity index (χ4n) is 2.15. The molecule has 2 aromatic carbocycles. The molecule has 0 unspecified atom stereocenters. The van der Waals surface area contributed by atoms with Gasteiger partial charge < -0.3 is 0 Å². The van der Waals surface area contributed by atoms with Gasteiger partial charge in [-0.1, -0.05) is 29.3 Å². The van der Waals surface area contributed by atoms with Crippen LogP contribution < -0.4 is 4.72 Å². The molecule has 0 saturated heterocycles. The molecule has 0 aliphatic carbocycles. The maximum Gasteiger partial charge on any atom is 0.263 e. The molecule has 25 heavy (non-hydrogen) atoms. The summed E-state index contributed by atoms with van der Waals surface area (Å²) in [6, 6.07) is 12.8. The molecular weight excluding hydrogens is 386 g/mol. The first kappa shape index (κ1) is 17.7. The van der Waals surface area contributed by atoms with Crippen LogP contribution in [-0.2, 0) is 10.0 Å². The number of pyridine rings is 1. The van der Waals surface area contributed by atoms with Gasteiger partial charge in [-0.25, -0.2) is 17.8 Å². The predicted molar refractivity (Wildman–Crippen MR) is 96.9 cm³/mol. The Hall–Kier alpha value is -2.15. The Morgan fingerprint density at radius 1 is 0.960 bits per heavy atom. The highest BCUT2D eigenvalue weighted by Gasteiger charge is 2.15. The minimum Gasteiger partial charge on any atom is -0.263 e. The summed E-state index contributed by atoms with van der Waals surface area (Å²) in [5, 5.41) is 0.985. The van der Waals surface area contributed by atoms with Gasteiger partial charge in [0.15, 0.2) is 0 Å². The fourth-order valence-corrected chi connectivity index (χ4v) is 3.67. The van der Waals surface area contributed by atoms with Gasteiger partial charge in [0.1, 0.15) is 11.6 Å². The van der Waals surface area contributed by atoms with Crippen molar-refractivity contribution in [1.29, 1.82) is 0 Å². The zero-order chi connectivity index (χ0) is 18.0. The zero-order valence-electron chi connectivity index (χ0n) is 12.6. The first-order valence-electron chi connectivity index (χ1n) is 7.05. The third kappa shape index (κ3) is 4.10. The number of sulfonamides is 1. The lowest BCUT2D eigenvalue weighted by molar-refractivity contribution is 0.599. The monoisotopic (exact) mass is 396 g/mol. The smallest absolute Gasteiger partial charge is 0.263 e. The van der Waals surface area contributed by atoms with Crippen molar-refractivity contribution in [1.82, 2.24) is 4.98 Å². The summed E-state index contributed by atoms with van der Waals surface area (Å²) in [7, 11) is -3.84. The molecule has 0 amide bonds. The number of benzene rings is 2. The molecule has 0 bridgehead atoms. The number of anilines is 1. The molecule has 1 aromatic heterocycles. The van der Waals surface area contributed by atoms with Crippen LogP contribution in [0.15, 0.2) is 65.7 Å². The fraction of sp³-hybridized carbons (Fsp3) is 0. The van der Waals surface area contributed by atoms with Gasteiger partial charge in [-0.2, -0.15) is 0 Å². The van der Waals surface area contributed by atoms with E-state index < -0.39 is 15.8 Å². The Bertz CT molecular complexity index is 1010. The molecule has 0 aliphatic rings. The summed E-state index contributed by atoms with van der Waals surface area (Å²) in [5.41, 5.74) is 1.44. The van der Waals surface area contributed by atoms with E-state index in [1.807, 2.05) is 0 Å². The van der Waals surface area contributed by atoms with Crippen molar-refractivity contribution in [2.75, 3.05) is 4.72 Å². The van der Waals surface area contributed by atoms with Crippen LogP contribution in [0.3, 0.4) is 0 Å². The summed E-state index contributed by atoms with van der Waals surface area (Å²) in [6.07, 6.45) is 1.50. The first-order valence-corrected chi connectivity index (χ1v) is 9.29. The highest BCUT2D eigenvalue weighted by atomic mass is 35.5. The number of nitrogens with zero attached hydrogens (tertiary/aromatic N) is 1. The van der Waals surface area contributed by atoms with Crippen LogP contribution in [0.1, 0.15) is 0 Å². The van der Waals surface area contributed by atoms with E-state index in [1.54, 1.807) is 24.3 Å². The van der Waals surface area contributed by atoms with Gasteiger partial charge in [0.2, 0.25) is 0 Å². The molecule has 0 atom stereocenters. The van der Waals surface area contributed by atoms with Crippen LogP contribution in [0.2, 0.25) is 10.0 Å². The van der Waals surface area contributed by atoms with E-state index >= 15 is 0 Å². The van der Waals surface area contributed by atoms with E-state index in [0.717, 1.165) is 17.7 Å². The highest BCUT2D eigenvalue weighted by Crippen LogP contribution is 2.30. The number of hydrogen-bond donors (Lipinski definition) is 1. The largest absolute Gasteiger partial charge is 0.263 e. The first-order chi connectivity index (χ1) is 11.8. The summed E-state index contributed by atoms with van der Waals surface area (Å²) >= 11 is 12.0. The maximum atomic E-state index is 12.9. The number of rotatable bonds is 4. The van der Waals surface area contributed by atoms with Crippen molar-refractivity contribution in [3.63, 3.8) is 0 Å². The quantitative estimate of drug-likeness (QED) is 0.675. The van der Waals surface area contributed by atoms with Gasteiger partial charge in [0.25, 0.3) is 10.0 Å². The average molecular weight is 397 g/mol. The maximum absolute atomic E-state index is 12.9. The van der Waals surface area contributed by atoms with Gasteiger partial charge in [-0.15, -0.1) is 0 Å². The molecule has 4 nitrogen and oxygen atoms in total. The summed E-state index contributed by atoms with van der Waals surface area (Å²) in [5.74, 6) is -0.376. The van der Waals surface area contributed by atoms with Gasteiger partial charge in [-0.3, -0.25) is 4.72 Å². The van der Waals surface area contributed by atoms with Crippen LogP contribution >= 0.6 is 23.2 Å². The van der Waals surface area contributed by atoms with Crippen LogP contribution in [0.4, 0.5) is 10.2 Å². The molecule has 3 aromatic rings. The second kappa shape index (κ2) is 7.00. The van der Waals surface area contributed by atoms with Crippen LogP contribution in [0, 0.1) is 5.82 Å². The molecule has 0 aliphatic heterocycles. The van der Waals surface area contributed by atoms with E-state index in [2.05, 4.69) is 9.71 Å². The Balaban J connectivity index is 1.84. The molecule has 0 spiro atoms. The molecule has 128 valence electrons. The van der Waals surface area contributed by atoms with Crippen molar-refractivity contribution < 1.29 is 12.8 Å². The third-order valence-electron chi connectivity index (χ3n) is 3.37. The lowest BCUT2D eigenvalue weighted by Gasteiger charge is -2.09. The minimum atomic E-state index is -3.84. The standard InChI is InChI=1S/C17H11Cl2FN2O2S/c18-12-2-7-15(16(19)9-12)11-1-8-17(21-10-11)22-25(23,24)14-5-3-13(20)4-6-14/h1-10H,(H,21,22). The normalized spacial score (nSPS) is 11.3. The lowest BCUT2D eigenvalue weighted by Crippen LogP contribution is -2.13. The average Bonchev–Trinajstić information content (AvgIpc) is 2.56. The zero-order valence-corrected chi connectivity index (χ0v) is 14.9. The summed E-state index contributed by atoms with van der Waals surface area (Å²) < 4.78 is 39.8. The summed E-state index contributed by atoms with van der Waals surface area (Å²) in [4.78, 5) is 4.04. The Kier molecular flexibility index (Phi) is 4.94. The topological polar surface area (TPSA) is 59.1 Å². The van der Waals surface area contributed by atoms with Gasteiger partial charge >= 0.3 is 0 Å². The Labute approximate surface area is 154 Å². The predicted octanol–water partition coefficient (Wildman–Crippen LogP) is 5.00. The van der Waals surface area contributed by atoms with Gasteiger partial charge in [0.05, 0.1) is 4.90 Å². The molecular formula is C17H11Cl2FN2O2S. The summed E-state index contributed by atoms with van der Waals surface area (Å²) in [6.45, 7) is 0. The number of aromatic nitrogens is 1. The molecule has 1 N–H and O–H groups in total. The molecule has 1 heterocycles. The Morgan fingerprint density at radius 2 is 1.68 bits per heavy atom. The lowest BCUT2D eigenvalue weighted by atomic mass is 10.1. The number of nitrogens with one attached hydrogen (secondary N) is 1. The Morgan fingerprint density at radius 3 is 2.28 bits per heavy atom. The van der Waals surface area contributed by atoms with E-state index in [0.29, 0.717) is 15.6 Å². The van der Waals surface area contributed by atoms with Crippen molar-refractivity contribution in [3.8, 4) is 11.1 Å². The molecule has 0 fully saturated rings. The highest BCUT2D eigenvalue weighted by molar-refractivity contribution is 7.92. The van der Waals surface area contributed by atoms with Crippen LogP contribution in [-0.4, -0.2) is 13.4 Å². The van der Waals surface area contributed by atoms with Gasteiger partial charge in [0, 0.05) is 27.4 Å². The van der Waals surface area contributed by atoms with E-state index in [4.69, 9.17) is 23.2 Å². The van der Waals surface area contributed by atoms with Crippen LogP contribution in [0.25, 0.3) is 11.1 Å². The van der Waals surface area contributed by atoms with Crippen molar-refractivity contribution in [2.24, 2.45) is 0 Å². The number of hydrogen-bond acceptors (Lipinski definition) is 3. The second-order valence-corrected chi connectivity index (χ2v) is 7.64. The van der Waals surface area contributed by atoms with Crippen molar-refractivity contribution in [2.45, 2.75) is 4.90 Å². The molecule has 3 rings (SSSR count). The minimum absolute atomic E-state index is 0.0551. The molecule has 8 heteroatoms. The van der Waals surface area contributed by atoms with E-state index in [1.165, 1.54) is 24.4 Å². The van der Waals surface area contributed by atoms with Crippen molar-refractivity contribution in [3.05, 3.63) is 76.7 Å². The molecule has 0 radical (unpaired) electrons. The second-order valence-electron chi connectivity index (χ2n) is 5.12. The van der Waals surface area contributed by atoms with Crippen molar-refractivity contribution >= 4 is 39.0 Å².